The lowest BCUT2D eigenvalue weighted by Gasteiger charge is -2.11. The quantitative estimate of drug-likeness (QED) is 0.829. The third-order valence-corrected chi connectivity index (χ3v) is 3.30. The normalized spacial score (nSPS) is 10.0. The fourth-order valence-electron chi connectivity index (χ4n) is 1.59. The molecule has 0 saturated carbocycles. The van der Waals surface area contributed by atoms with Gasteiger partial charge in [0.15, 0.2) is 29.0 Å². The molecule has 0 bridgehead atoms. The highest BCUT2D eigenvalue weighted by atomic mass is 32.1. The number of hydrogen-bond donors (Lipinski definition) is 1. The van der Waals surface area contributed by atoms with Gasteiger partial charge in [0.25, 0.3) is 5.91 Å². The van der Waals surface area contributed by atoms with Crippen LogP contribution in [0.3, 0.4) is 0 Å². The van der Waals surface area contributed by atoms with E-state index in [1.807, 2.05) is 0 Å². The van der Waals surface area contributed by atoms with Crippen LogP contribution < -0.4 is 14.8 Å². The van der Waals surface area contributed by atoms with Crippen molar-refractivity contribution in [3.05, 3.63) is 35.3 Å². The van der Waals surface area contributed by atoms with Crippen LogP contribution in [-0.2, 0) is 4.79 Å². The Bertz CT molecular complexity index is 640. The fraction of sp³-hybridized carbons (Fsp3) is 0.214. The molecule has 21 heavy (non-hydrogen) atoms. The van der Waals surface area contributed by atoms with Gasteiger partial charge in [-0.1, -0.05) is 0 Å². The van der Waals surface area contributed by atoms with E-state index >= 15 is 0 Å². The van der Waals surface area contributed by atoms with Crippen molar-refractivity contribution in [1.29, 1.82) is 0 Å². The van der Waals surface area contributed by atoms with Crippen LogP contribution in [-0.4, -0.2) is 30.4 Å². The third-order valence-electron chi connectivity index (χ3n) is 2.61. The van der Waals surface area contributed by atoms with Crippen LogP contribution in [0.5, 0.6) is 11.5 Å². The molecule has 0 spiro atoms. The molecule has 7 heteroatoms. The van der Waals surface area contributed by atoms with E-state index in [4.69, 9.17) is 9.47 Å². The van der Waals surface area contributed by atoms with E-state index in [-0.39, 0.29) is 18.3 Å². The highest BCUT2D eigenvalue weighted by Crippen LogP contribution is 2.28. The Labute approximate surface area is 125 Å². The summed E-state index contributed by atoms with van der Waals surface area (Å²) >= 11 is 1.32. The number of nitrogens with one attached hydrogen (secondary N) is 1. The van der Waals surface area contributed by atoms with Crippen molar-refractivity contribution >= 4 is 28.2 Å². The Morgan fingerprint density at radius 3 is 2.76 bits per heavy atom. The number of hydrogen-bond acceptors (Lipinski definition) is 6. The lowest BCUT2D eigenvalue weighted by molar-refractivity contribution is -0.118. The van der Waals surface area contributed by atoms with Crippen LogP contribution in [0.4, 0.5) is 5.13 Å². The van der Waals surface area contributed by atoms with E-state index in [0.29, 0.717) is 22.2 Å². The molecule has 2 aromatic rings. The number of benzene rings is 1. The molecule has 0 aliphatic rings. The summed E-state index contributed by atoms with van der Waals surface area (Å²) in [4.78, 5) is 26.9. The Balaban J connectivity index is 1.99. The van der Waals surface area contributed by atoms with Crippen molar-refractivity contribution in [1.82, 2.24) is 4.98 Å². The second-order valence-corrected chi connectivity index (χ2v) is 4.99. The number of carbonyl (C=O) groups is 2. The average molecular weight is 306 g/mol. The monoisotopic (exact) mass is 306 g/mol. The molecule has 0 atom stereocenters. The van der Waals surface area contributed by atoms with Gasteiger partial charge in [-0.05, 0) is 25.1 Å². The zero-order valence-electron chi connectivity index (χ0n) is 11.6. The zero-order chi connectivity index (χ0) is 15.2. The van der Waals surface area contributed by atoms with Gasteiger partial charge in [0, 0.05) is 17.1 Å². The van der Waals surface area contributed by atoms with Gasteiger partial charge in [0.05, 0.1) is 7.11 Å². The minimum absolute atomic E-state index is 0.0682. The molecule has 1 amide bonds. The Kier molecular flexibility index (Phi) is 4.89. The van der Waals surface area contributed by atoms with Crippen LogP contribution in [0.2, 0.25) is 0 Å². The molecule has 0 fully saturated rings. The second-order valence-electron chi connectivity index (χ2n) is 4.10. The molecule has 0 aliphatic heterocycles. The number of Topliss-reactive ketones (excluding diaryl/α,β-unsaturated/α-hetero) is 1. The molecule has 1 aromatic carbocycles. The average Bonchev–Trinajstić information content (AvgIpc) is 2.97. The summed E-state index contributed by atoms with van der Waals surface area (Å²) in [5, 5.41) is 4.89. The van der Waals surface area contributed by atoms with Gasteiger partial charge in [-0.2, -0.15) is 0 Å². The summed E-state index contributed by atoms with van der Waals surface area (Å²) in [6.07, 6.45) is 1.60. The number of thiazole rings is 1. The minimum Gasteiger partial charge on any atom is -0.493 e. The molecule has 6 nitrogen and oxygen atoms in total. The van der Waals surface area contributed by atoms with Gasteiger partial charge >= 0.3 is 0 Å². The first-order chi connectivity index (χ1) is 10.1. The van der Waals surface area contributed by atoms with Crippen molar-refractivity contribution < 1.29 is 19.1 Å². The third kappa shape index (κ3) is 4.03. The number of anilines is 1. The van der Waals surface area contributed by atoms with Gasteiger partial charge in [0.1, 0.15) is 0 Å². The van der Waals surface area contributed by atoms with Crippen molar-refractivity contribution in [3.8, 4) is 11.5 Å². The van der Waals surface area contributed by atoms with E-state index in [9.17, 15) is 9.59 Å². The Hall–Kier alpha value is -2.41. The molecular weight excluding hydrogens is 292 g/mol. The number of carbonyl (C=O) groups excluding carboxylic acids is 2. The number of aromatic nitrogens is 1. The standard InChI is InChI=1S/C14H14N2O4S/c1-9(17)10-3-4-11(12(7-10)19-2)20-8-13(18)16-14-15-5-6-21-14/h3-7H,8H2,1-2H3,(H,15,16,18). The smallest absolute Gasteiger partial charge is 0.264 e. The van der Waals surface area contributed by atoms with Gasteiger partial charge in [-0.25, -0.2) is 4.98 Å². The van der Waals surface area contributed by atoms with Gasteiger partial charge in [-0.15, -0.1) is 11.3 Å². The first-order valence-corrected chi connectivity index (χ1v) is 6.99. The van der Waals surface area contributed by atoms with Gasteiger partial charge in [0.2, 0.25) is 0 Å². The Morgan fingerprint density at radius 2 is 2.14 bits per heavy atom. The van der Waals surface area contributed by atoms with Crippen molar-refractivity contribution in [3.63, 3.8) is 0 Å². The predicted octanol–water partition coefficient (Wildman–Crippen LogP) is 2.37. The maximum atomic E-state index is 11.7. The van der Waals surface area contributed by atoms with Crippen molar-refractivity contribution in [2.24, 2.45) is 0 Å². The van der Waals surface area contributed by atoms with E-state index < -0.39 is 0 Å². The number of methoxy groups -OCH3 is 1. The van der Waals surface area contributed by atoms with Gasteiger partial charge in [-0.3, -0.25) is 14.9 Å². The van der Waals surface area contributed by atoms with Crippen molar-refractivity contribution in [2.45, 2.75) is 6.92 Å². The van der Waals surface area contributed by atoms with Gasteiger partial charge < -0.3 is 9.47 Å². The van der Waals surface area contributed by atoms with E-state index in [1.54, 1.807) is 29.8 Å². The first kappa shape index (κ1) is 15.0. The summed E-state index contributed by atoms with van der Waals surface area (Å²) < 4.78 is 10.6. The molecule has 0 radical (unpaired) electrons. The summed E-state index contributed by atoms with van der Waals surface area (Å²) in [6.45, 7) is 1.30. The zero-order valence-corrected chi connectivity index (χ0v) is 12.4. The number of nitrogens with zero attached hydrogens (tertiary/aromatic N) is 1. The SMILES string of the molecule is COc1cc(C(C)=O)ccc1OCC(=O)Nc1nccs1. The van der Waals surface area contributed by atoms with Crippen LogP contribution in [0, 0.1) is 0 Å². The number of ether oxygens (including phenoxy) is 2. The summed E-state index contributed by atoms with van der Waals surface area (Å²) in [7, 11) is 1.47. The summed E-state index contributed by atoms with van der Waals surface area (Å²) in [5.41, 5.74) is 0.520. The molecule has 1 heterocycles. The topological polar surface area (TPSA) is 77.5 Å². The van der Waals surface area contributed by atoms with E-state index in [2.05, 4.69) is 10.3 Å². The molecule has 2 rings (SSSR count). The number of amides is 1. The van der Waals surface area contributed by atoms with Crippen LogP contribution in [0.1, 0.15) is 17.3 Å². The Morgan fingerprint density at radius 1 is 1.33 bits per heavy atom. The molecule has 0 saturated heterocycles. The highest BCUT2D eigenvalue weighted by Gasteiger charge is 2.11. The summed E-state index contributed by atoms with van der Waals surface area (Å²) in [5.74, 6) is 0.422. The lowest BCUT2D eigenvalue weighted by Crippen LogP contribution is -2.20. The van der Waals surface area contributed by atoms with E-state index in [1.165, 1.54) is 25.4 Å². The molecule has 1 aromatic heterocycles. The van der Waals surface area contributed by atoms with Crippen LogP contribution >= 0.6 is 11.3 Å². The molecule has 1 N–H and O–H groups in total. The van der Waals surface area contributed by atoms with Crippen LogP contribution in [0.15, 0.2) is 29.8 Å². The minimum atomic E-state index is -0.317. The lowest BCUT2D eigenvalue weighted by atomic mass is 10.1. The van der Waals surface area contributed by atoms with E-state index in [0.717, 1.165) is 0 Å². The fourth-order valence-corrected chi connectivity index (χ4v) is 2.13. The number of ketones is 1. The first-order valence-electron chi connectivity index (χ1n) is 6.11. The molecule has 0 unspecified atom stereocenters. The highest BCUT2D eigenvalue weighted by molar-refractivity contribution is 7.13. The van der Waals surface area contributed by atoms with Crippen molar-refractivity contribution in [2.75, 3.05) is 19.0 Å². The maximum absolute atomic E-state index is 11.7. The predicted molar refractivity (Wildman–Crippen MR) is 79.2 cm³/mol. The maximum Gasteiger partial charge on any atom is 0.264 e. The van der Waals surface area contributed by atoms with Crippen LogP contribution in [0.25, 0.3) is 0 Å². The second kappa shape index (κ2) is 6.85. The molecule has 0 aliphatic carbocycles. The summed E-state index contributed by atoms with van der Waals surface area (Å²) in [6, 6.07) is 4.81. The number of rotatable bonds is 6. The molecular formula is C14H14N2O4S. The molecule has 110 valence electrons. The largest absolute Gasteiger partial charge is 0.493 e.